The molecule has 1 unspecified atom stereocenters. The normalized spacial score (nSPS) is 13.9. The quantitative estimate of drug-likeness (QED) is 0.810. The molecule has 0 saturated carbocycles. The zero-order valence-electron chi connectivity index (χ0n) is 11.8. The van der Waals surface area contributed by atoms with E-state index in [1.807, 2.05) is 18.2 Å². The molecule has 2 atom stereocenters. The average molecular weight is 334 g/mol. The standard InChI is InChI=1S/C17H20BrNO/c1-3-17(13-7-9-16(20)10-8-13)19-12(2)14-5-4-6-15(18)11-14/h4-12,17,19-20H,3H2,1-2H3/t12-,17?/m0/s1. The van der Waals surface area contributed by atoms with Gasteiger partial charge < -0.3 is 10.4 Å². The minimum absolute atomic E-state index is 0.270. The molecule has 2 nitrogen and oxygen atoms in total. The van der Waals surface area contributed by atoms with Gasteiger partial charge in [-0.25, -0.2) is 0 Å². The summed E-state index contributed by atoms with van der Waals surface area (Å²) in [6.45, 7) is 4.34. The van der Waals surface area contributed by atoms with Crippen molar-refractivity contribution in [1.82, 2.24) is 5.32 Å². The van der Waals surface area contributed by atoms with E-state index in [9.17, 15) is 5.11 Å². The Morgan fingerprint density at radius 3 is 2.40 bits per heavy atom. The molecule has 0 bridgehead atoms. The molecule has 2 aromatic carbocycles. The Labute approximate surface area is 129 Å². The fraction of sp³-hybridized carbons (Fsp3) is 0.294. The van der Waals surface area contributed by atoms with Gasteiger partial charge in [-0.3, -0.25) is 0 Å². The lowest BCUT2D eigenvalue weighted by Crippen LogP contribution is -2.24. The fourth-order valence-electron chi connectivity index (χ4n) is 2.33. The Kier molecular flexibility index (Phi) is 5.21. The van der Waals surface area contributed by atoms with Crippen LogP contribution in [0.2, 0.25) is 0 Å². The van der Waals surface area contributed by atoms with Gasteiger partial charge in [0.25, 0.3) is 0 Å². The molecule has 0 aliphatic rings. The number of phenols is 1. The van der Waals surface area contributed by atoms with Crippen molar-refractivity contribution in [2.75, 3.05) is 0 Å². The summed E-state index contributed by atoms with van der Waals surface area (Å²) in [6.07, 6.45) is 1.00. The molecule has 2 aromatic rings. The summed E-state index contributed by atoms with van der Waals surface area (Å²) in [6, 6.07) is 16.3. The summed E-state index contributed by atoms with van der Waals surface area (Å²) in [5, 5.41) is 13.0. The predicted octanol–water partition coefficient (Wildman–Crippen LogP) is 4.96. The van der Waals surface area contributed by atoms with Gasteiger partial charge in [0, 0.05) is 16.6 Å². The Balaban J connectivity index is 2.11. The van der Waals surface area contributed by atoms with E-state index in [1.165, 1.54) is 11.1 Å². The molecule has 0 aromatic heterocycles. The van der Waals surface area contributed by atoms with E-state index in [-0.39, 0.29) is 12.1 Å². The highest BCUT2D eigenvalue weighted by Crippen LogP contribution is 2.24. The van der Waals surface area contributed by atoms with Crippen molar-refractivity contribution in [2.24, 2.45) is 0 Å². The van der Waals surface area contributed by atoms with Gasteiger partial charge in [0.2, 0.25) is 0 Å². The summed E-state index contributed by atoms with van der Waals surface area (Å²) in [7, 11) is 0. The van der Waals surface area contributed by atoms with E-state index in [1.54, 1.807) is 12.1 Å². The average Bonchev–Trinajstić information content (AvgIpc) is 2.45. The van der Waals surface area contributed by atoms with Crippen LogP contribution in [0.15, 0.2) is 53.0 Å². The second-order valence-corrected chi connectivity index (χ2v) is 5.91. The van der Waals surface area contributed by atoms with Crippen molar-refractivity contribution in [2.45, 2.75) is 32.4 Å². The fourth-order valence-corrected chi connectivity index (χ4v) is 2.75. The molecule has 0 heterocycles. The maximum atomic E-state index is 9.38. The molecule has 3 heteroatoms. The second kappa shape index (κ2) is 6.91. The van der Waals surface area contributed by atoms with Gasteiger partial charge in [0.15, 0.2) is 0 Å². The van der Waals surface area contributed by atoms with E-state index in [2.05, 4.69) is 53.3 Å². The zero-order valence-corrected chi connectivity index (χ0v) is 13.4. The van der Waals surface area contributed by atoms with Crippen LogP contribution in [0.3, 0.4) is 0 Å². The van der Waals surface area contributed by atoms with Crippen molar-refractivity contribution < 1.29 is 5.11 Å². The van der Waals surface area contributed by atoms with Crippen LogP contribution in [0.1, 0.15) is 43.5 Å². The highest BCUT2D eigenvalue weighted by atomic mass is 79.9. The third-order valence-electron chi connectivity index (χ3n) is 3.50. The van der Waals surface area contributed by atoms with E-state index in [0.717, 1.165) is 10.9 Å². The Hall–Kier alpha value is -1.32. The summed E-state index contributed by atoms with van der Waals surface area (Å²) < 4.78 is 1.10. The third-order valence-corrected chi connectivity index (χ3v) is 4.00. The van der Waals surface area contributed by atoms with Crippen LogP contribution in [-0.4, -0.2) is 5.11 Å². The number of hydrogen-bond donors (Lipinski definition) is 2. The van der Waals surface area contributed by atoms with Crippen LogP contribution in [0.5, 0.6) is 5.75 Å². The van der Waals surface area contributed by atoms with E-state index in [0.29, 0.717) is 5.75 Å². The first kappa shape index (κ1) is 15.1. The maximum absolute atomic E-state index is 9.38. The van der Waals surface area contributed by atoms with Crippen molar-refractivity contribution in [3.05, 3.63) is 64.1 Å². The first-order chi connectivity index (χ1) is 9.60. The largest absolute Gasteiger partial charge is 0.508 e. The molecule has 0 aliphatic heterocycles. The number of aromatic hydroxyl groups is 1. The van der Waals surface area contributed by atoms with Crippen LogP contribution in [0.25, 0.3) is 0 Å². The third kappa shape index (κ3) is 3.84. The van der Waals surface area contributed by atoms with Crippen LogP contribution in [-0.2, 0) is 0 Å². The zero-order chi connectivity index (χ0) is 14.5. The Bertz CT molecular complexity index is 553. The van der Waals surface area contributed by atoms with Gasteiger partial charge in [0.1, 0.15) is 5.75 Å². The highest BCUT2D eigenvalue weighted by Gasteiger charge is 2.13. The molecular weight excluding hydrogens is 314 g/mol. The Morgan fingerprint density at radius 1 is 1.10 bits per heavy atom. The van der Waals surface area contributed by atoms with Gasteiger partial charge in [-0.05, 0) is 48.7 Å². The summed E-state index contributed by atoms with van der Waals surface area (Å²) in [5.41, 5.74) is 2.46. The topological polar surface area (TPSA) is 32.3 Å². The summed E-state index contributed by atoms with van der Waals surface area (Å²) >= 11 is 3.51. The van der Waals surface area contributed by atoms with Gasteiger partial charge in [-0.1, -0.05) is 47.1 Å². The van der Waals surface area contributed by atoms with Crippen LogP contribution in [0.4, 0.5) is 0 Å². The molecule has 0 radical (unpaired) electrons. The Morgan fingerprint density at radius 2 is 1.80 bits per heavy atom. The van der Waals surface area contributed by atoms with Gasteiger partial charge in [0.05, 0.1) is 0 Å². The predicted molar refractivity (Wildman–Crippen MR) is 86.8 cm³/mol. The SMILES string of the molecule is CCC(N[C@@H](C)c1cccc(Br)c1)c1ccc(O)cc1. The monoisotopic (exact) mass is 333 g/mol. The first-order valence-electron chi connectivity index (χ1n) is 6.90. The smallest absolute Gasteiger partial charge is 0.115 e. The lowest BCUT2D eigenvalue weighted by Gasteiger charge is -2.23. The molecule has 2 N–H and O–H groups in total. The molecular formula is C17H20BrNO. The van der Waals surface area contributed by atoms with Gasteiger partial charge >= 0.3 is 0 Å². The minimum atomic E-state index is 0.270. The molecule has 20 heavy (non-hydrogen) atoms. The van der Waals surface area contributed by atoms with Crippen molar-refractivity contribution in [3.8, 4) is 5.75 Å². The van der Waals surface area contributed by atoms with Gasteiger partial charge in [-0.2, -0.15) is 0 Å². The molecule has 0 aliphatic carbocycles. The number of benzene rings is 2. The molecule has 2 rings (SSSR count). The van der Waals surface area contributed by atoms with Crippen LogP contribution < -0.4 is 5.32 Å². The lowest BCUT2D eigenvalue weighted by atomic mass is 10.0. The van der Waals surface area contributed by atoms with Crippen molar-refractivity contribution in [1.29, 1.82) is 0 Å². The number of halogens is 1. The number of phenolic OH excluding ortho intramolecular Hbond substituents is 1. The molecule has 0 amide bonds. The van der Waals surface area contributed by atoms with Gasteiger partial charge in [-0.15, -0.1) is 0 Å². The molecule has 0 fully saturated rings. The highest BCUT2D eigenvalue weighted by molar-refractivity contribution is 9.10. The summed E-state index contributed by atoms with van der Waals surface area (Å²) in [4.78, 5) is 0. The minimum Gasteiger partial charge on any atom is -0.508 e. The van der Waals surface area contributed by atoms with Crippen LogP contribution >= 0.6 is 15.9 Å². The number of nitrogens with one attached hydrogen (secondary N) is 1. The molecule has 0 spiro atoms. The van der Waals surface area contributed by atoms with Crippen molar-refractivity contribution >= 4 is 15.9 Å². The van der Waals surface area contributed by atoms with E-state index < -0.39 is 0 Å². The second-order valence-electron chi connectivity index (χ2n) is 5.00. The van der Waals surface area contributed by atoms with E-state index >= 15 is 0 Å². The number of hydrogen-bond acceptors (Lipinski definition) is 2. The maximum Gasteiger partial charge on any atom is 0.115 e. The van der Waals surface area contributed by atoms with Crippen LogP contribution in [0, 0.1) is 0 Å². The molecule has 0 saturated heterocycles. The lowest BCUT2D eigenvalue weighted by molar-refractivity contribution is 0.453. The molecule has 106 valence electrons. The number of rotatable bonds is 5. The van der Waals surface area contributed by atoms with E-state index in [4.69, 9.17) is 0 Å². The van der Waals surface area contributed by atoms with Crippen molar-refractivity contribution in [3.63, 3.8) is 0 Å². The summed E-state index contributed by atoms with van der Waals surface area (Å²) in [5.74, 6) is 0.309. The first-order valence-corrected chi connectivity index (χ1v) is 7.70.